The van der Waals surface area contributed by atoms with Crippen LogP contribution in [0.4, 0.5) is 0 Å². The van der Waals surface area contributed by atoms with E-state index >= 15 is 0 Å². The molecular formula is C12H13NO4. The summed E-state index contributed by atoms with van der Waals surface area (Å²) in [6.45, 7) is 1.02. The zero-order valence-electron chi connectivity index (χ0n) is 9.31. The van der Waals surface area contributed by atoms with Crippen LogP contribution in [0.15, 0.2) is 6.07 Å². The van der Waals surface area contributed by atoms with Crippen molar-refractivity contribution in [1.82, 2.24) is 4.98 Å². The number of ether oxygens (including phenoxy) is 2. The summed E-state index contributed by atoms with van der Waals surface area (Å²) < 4.78 is 10.6. The molecule has 0 amide bonds. The molecule has 1 fully saturated rings. The van der Waals surface area contributed by atoms with Crippen LogP contribution in [0.5, 0.6) is 5.88 Å². The fourth-order valence-corrected chi connectivity index (χ4v) is 2.14. The van der Waals surface area contributed by atoms with Crippen molar-refractivity contribution in [3.63, 3.8) is 0 Å². The highest BCUT2D eigenvalue weighted by Gasteiger charge is 2.26. The Bertz CT molecular complexity index is 468. The van der Waals surface area contributed by atoms with Gasteiger partial charge < -0.3 is 14.6 Å². The number of fused-ring (bicyclic) bond motifs is 1. The Kier molecular flexibility index (Phi) is 2.48. The van der Waals surface area contributed by atoms with Crippen LogP contribution in [0.2, 0.25) is 0 Å². The lowest BCUT2D eigenvalue weighted by molar-refractivity contribution is -0.0816. The Hall–Kier alpha value is -1.62. The third kappa shape index (κ3) is 1.86. The number of carbonyl (C=O) groups is 1. The second-order valence-electron chi connectivity index (χ2n) is 4.38. The van der Waals surface area contributed by atoms with Crippen LogP contribution >= 0.6 is 0 Å². The predicted octanol–water partition coefficient (Wildman–Crippen LogP) is 1.05. The zero-order chi connectivity index (χ0) is 11.8. The molecule has 2 heterocycles. The van der Waals surface area contributed by atoms with Gasteiger partial charge in [0.1, 0.15) is 11.7 Å². The number of aryl methyl sites for hydroxylation is 2. The summed E-state index contributed by atoms with van der Waals surface area (Å²) in [7, 11) is 0. The summed E-state index contributed by atoms with van der Waals surface area (Å²) in [6.07, 6.45) is 2.81. The summed E-state index contributed by atoms with van der Waals surface area (Å²) in [5.74, 6) is -0.742. The Balaban J connectivity index is 1.95. The van der Waals surface area contributed by atoms with Gasteiger partial charge in [-0.05, 0) is 30.9 Å². The highest BCUT2D eigenvalue weighted by Crippen LogP contribution is 2.27. The van der Waals surface area contributed by atoms with Crippen molar-refractivity contribution in [2.45, 2.75) is 25.4 Å². The third-order valence-corrected chi connectivity index (χ3v) is 3.13. The summed E-state index contributed by atoms with van der Waals surface area (Å²) in [6, 6.07) is 1.70. The van der Waals surface area contributed by atoms with E-state index in [1.807, 2.05) is 0 Å². The van der Waals surface area contributed by atoms with Gasteiger partial charge in [-0.25, -0.2) is 9.78 Å². The van der Waals surface area contributed by atoms with E-state index in [1.54, 1.807) is 6.07 Å². The molecule has 0 aromatic carbocycles. The lowest BCUT2D eigenvalue weighted by Gasteiger charge is -2.26. The Morgan fingerprint density at radius 3 is 2.94 bits per heavy atom. The maximum absolute atomic E-state index is 11.2. The monoisotopic (exact) mass is 235 g/mol. The highest BCUT2D eigenvalue weighted by molar-refractivity contribution is 5.90. The molecule has 1 aliphatic carbocycles. The number of carboxylic acid groups (broad SMARTS) is 1. The van der Waals surface area contributed by atoms with E-state index in [9.17, 15) is 4.79 Å². The number of aromatic nitrogens is 1. The summed E-state index contributed by atoms with van der Waals surface area (Å²) in [5, 5.41) is 9.15. The molecule has 5 heteroatoms. The van der Waals surface area contributed by atoms with Crippen LogP contribution < -0.4 is 4.74 Å². The third-order valence-electron chi connectivity index (χ3n) is 3.13. The Morgan fingerprint density at radius 1 is 1.47 bits per heavy atom. The largest absolute Gasteiger partial charge is 0.477 e. The van der Waals surface area contributed by atoms with E-state index in [0.717, 1.165) is 30.5 Å². The Labute approximate surface area is 98.4 Å². The second kappa shape index (κ2) is 4.00. The molecule has 1 N–H and O–H groups in total. The van der Waals surface area contributed by atoms with Crippen LogP contribution in [-0.2, 0) is 17.6 Å². The Morgan fingerprint density at radius 2 is 2.29 bits per heavy atom. The molecule has 0 unspecified atom stereocenters. The van der Waals surface area contributed by atoms with Gasteiger partial charge in [0.05, 0.1) is 13.2 Å². The molecule has 90 valence electrons. The summed E-state index contributed by atoms with van der Waals surface area (Å²) in [4.78, 5) is 15.5. The number of rotatable bonds is 3. The van der Waals surface area contributed by atoms with Gasteiger partial charge >= 0.3 is 5.97 Å². The number of hydrogen-bond acceptors (Lipinski definition) is 4. The van der Waals surface area contributed by atoms with E-state index in [0.29, 0.717) is 13.2 Å². The van der Waals surface area contributed by atoms with Crippen molar-refractivity contribution in [3.05, 3.63) is 22.9 Å². The minimum absolute atomic E-state index is 0.0555. The van der Waals surface area contributed by atoms with Gasteiger partial charge in [-0.3, -0.25) is 0 Å². The molecule has 1 aliphatic heterocycles. The minimum Gasteiger partial charge on any atom is -0.477 e. The standard InChI is InChI=1S/C12H13NO4/c14-12(15)9-4-7-2-1-3-10(7)13-11(9)17-8-5-16-6-8/h4,8H,1-3,5-6H2,(H,14,15). The minimum atomic E-state index is -0.984. The molecule has 3 rings (SSSR count). The molecule has 17 heavy (non-hydrogen) atoms. The van der Waals surface area contributed by atoms with Crippen LogP contribution in [0, 0.1) is 0 Å². The van der Waals surface area contributed by atoms with Crippen LogP contribution in [0.3, 0.4) is 0 Å². The molecule has 1 aromatic heterocycles. The zero-order valence-corrected chi connectivity index (χ0v) is 9.31. The average molecular weight is 235 g/mol. The average Bonchev–Trinajstić information content (AvgIpc) is 2.68. The lowest BCUT2D eigenvalue weighted by atomic mass is 10.1. The summed E-state index contributed by atoms with van der Waals surface area (Å²) >= 11 is 0. The van der Waals surface area contributed by atoms with E-state index in [2.05, 4.69) is 4.98 Å². The predicted molar refractivity (Wildman–Crippen MR) is 58.5 cm³/mol. The van der Waals surface area contributed by atoms with Gasteiger partial charge in [0.15, 0.2) is 0 Å². The summed E-state index contributed by atoms with van der Waals surface area (Å²) in [5.41, 5.74) is 2.18. The molecule has 0 bridgehead atoms. The van der Waals surface area contributed by atoms with Crippen molar-refractivity contribution in [2.75, 3.05) is 13.2 Å². The van der Waals surface area contributed by atoms with Crippen molar-refractivity contribution in [1.29, 1.82) is 0 Å². The fraction of sp³-hybridized carbons (Fsp3) is 0.500. The van der Waals surface area contributed by atoms with E-state index in [4.69, 9.17) is 14.6 Å². The van der Waals surface area contributed by atoms with Crippen molar-refractivity contribution in [2.24, 2.45) is 0 Å². The smallest absolute Gasteiger partial charge is 0.341 e. The first-order valence-corrected chi connectivity index (χ1v) is 5.74. The molecule has 0 spiro atoms. The molecule has 5 nitrogen and oxygen atoms in total. The normalized spacial score (nSPS) is 18.6. The molecular weight excluding hydrogens is 222 g/mol. The van der Waals surface area contributed by atoms with Gasteiger partial charge in [0.25, 0.3) is 0 Å². The van der Waals surface area contributed by atoms with Gasteiger partial charge in [0, 0.05) is 5.69 Å². The quantitative estimate of drug-likeness (QED) is 0.848. The highest BCUT2D eigenvalue weighted by atomic mass is 16.6. The second-order valence-corrected chi connectivity index (χ2v) is 4.38. The van der Waals surface area contributed by atoms with E-state index in [-0.39, 0.29) is 17.5 Å². The van der Waals surface area contributed by atoms with Crippen LogP contribution in [-0.4, -0.2) is 35.4 Å². The van der Waals surface area contributed by atoms with Gasteiger partial charge in [-0.2, -0.15) is 0 Å². The van der Waals surface area contributed by atoms with Crippen molar-refractivity contribution in [3.8, 4) is 5.88 Å². The number of carboxylic acids is 1. The first kappa shape index (κ1) is 10.5. The van der Waals surface area contributed by atoms with Gasteiger partial charge in [0.2, 0.25) is 5.88 Å². The van der Waals surface area contributed by atoms with E-state index in [1.165, 1.54) is 0 Å². The number of nitrogens with zero attached hydrogens (tertiary/aromatic N) is 1. The maximum Gasteiger partial charge on any atom is 0.341 e. The van der Waals surface area contributed by atoms with Gasteiger partial charge in [-0.1, -0.05) is 0 Å². The van der Waals surface area contributed by atoms with Crippen LogP contribution in [0.25, 0.3) is 0 Å². The molecule has 0 saturated carbocycles. The van der Waals surface area contributed by atoms with Gasteiger partial charge in [-0.15, -0.1) is 0 Å². The van der Waals surface area contributed by atoms with Crippen molar-refractivity contribution >= 4 is 5.97 Å². The maximum atomic E-state index is 11.2. The lowest BCUT2D eigenvalue weighted by Crippen LogP contribution is -2.39. The number of aromatic carboxylic acids is 1. The molecule has 1 aromatic rings. The molecule has 0 radical (unpaired) electrons. The first-order valence-electron chi connectivity index (χ1n) is 5.74. The number of pyridine rings is 1. The van der Waals surface area contributed by atoms with Crippen LogP contribution in [0.1, 0.15) is 28.0 Å². The van der Waals surface area contributed by atoms with Crippen molar-refractivity contribution < 1.29 is 19.4 Å². The fourth-order valence-electron chi connectivity index (χ4n) is 2.14. The van der Waals surface area contributed by atoms with E-state index < -0.39 is 5.97 Å². The molecule has 1 saturated heterocycles. The topological polar surface area (TPSA) is 68.7 Å². The molecule has 2 aliphatic rings. The molecule has 0 atom stereocenters. The SMILES string of the molecule is O=C(O)c1cc2c(nc1OC1COC1)CCC2. The number of hydrogen-bond donors (Lipinski definition) is 1. The first-order chi connectivity index (χ1) is 8.24.